The molecule has 0 aliphatic heterocycles. The summed E-state index contributed by atoms with van der Waals surface area (Å²) in [5, 5.41) is 20.2. The van der Waals surface area contributed by atoms with Gasteiger partial charge in [-0.2, -0.15) is 0 Å². The van der Waals surface area contributed by atoms with Gasteiger partial charge < -0.3 is 29.3 Å². The van der Waals surface area contributed by atoms with Crippen molar-refractivity contribution in [2.24, 2.45) is 0 Å². The first-order chi connectivity index (χ1) is 11.2. The van der Waals surface area contributed by atoms with Gasteiger partial charge in [0.15, 0.2) is 0 Å². The number of carboxylic acid groups (broad SMARTS) is 2. The molecule has 0 fully saturated rings. The molecule has 26 heavy (non-hydrogen) atoms. The monoisotopic (exact) mass is 470 g/mol. The number of carbonyl (C=O) groups is 6. The van der Waals surface area contributed by atoms with Crippen LogP contribution in [0.2, 0.25) is 0 Å². The Labute approximate surface area is 169 Å². The van der Waals surface area contributed by atoms with Crippen LogP contribution in [-0.2, 0) is 72.4 Å². The van der Waals surface area contributed by atoms with Crippen LogP contribution in [0.5, 0.6) is 0 Å². The third kappa shape index (κ3) is 18.6. The van der Waals surface area contributed by atoms with Gasteiger partial charge in [-0.05, 0) is 25.7 Å². The van der Waals surface area contributed by atoms with Crippen molar-refractivity contribution in [3.8, 4) is 0 Å². The summed E-state index contributed by atoms with van der Waals surface area (Å²) in [7, 11) is 0. The summed E-state index contributed by atoms with van der Waals surface area (Å²) in [5.74, 6) is -6.57. The Morgan fingerprint density at radius 1 is 0.500 bits per heavy atom. The smallest absolute Gasteiger partial charge is 0.550 e. The van der Waals surface area contributed by atoms with Crippen molar-refractivity contribution in [3.63, 3.8) is 0 Å². The largest absolute Gasteiger partial charge is 1.00 e. The van der Waals surface area contributed by atoms with Crippen molar-refractivity contribution in [2.45, 2.75) is 51.4 Å². The van der Waals surface area contributed by atoms with Gasteiger partial charge in [0.1, 0.15) is 0 Å². The molecule has 0 spiro atoms. The van der Waals surface area contributed by atoms with Crippen molar-refractivity contribution < 1.29 is 82.6 Å². The van der Waals surface area contributed by atoms with E-state index >= 15 is 0 Å². The summed E-state index contributed by atoms with van der Waals surface area (Å²) in [5.41, 5.74) is 0. The summed E-state index contributed by atoms with van der Waals surface area (Å²) in [6, 6.07) is 0. The van der Waals surface area contributed by atoms with E-state index in [0.717, 1.165) is 0 Å². The number of unbranched alkanes of at least 4 members (excludes halogenated alkanes) is 1. The molecule has 0 heterocycles. The average molecular weight is 471 g/mol. The van der Waals surface area contributed by atoms with Gasteiger partial charge in [-0.25, -0.2) is 0 Å². The number of esters is 4. The second-order valence-corrected chi connectivity index (χ2v) is 4.64. The zero-order chi connectivity index (χ0) is 18.5. The Morgan fingerprint density at radius 3 is 1.04 bits per heavy atom. The Hall–Kier alpha value is -1.74. The third-order valence-electron chi connectivity index (χ3n) is 2.53. The maximum Gasteiger partial charge on any atom is 1.00 e. The number of carbonyl (C=O) groups excluding carboxylic acids is 6. The molecule has 154 valence electrons. The van der Waals surface area contributed by atoms with Crippen LogP contribution in [0.1, 0.15) is 51.4 Å². The molecule has 10 nitrogen and oxygen atoms in total. The van der Waals surface area contributed by atoms with Gasteiger partial charge in [-0.15, -0.1) is 0 Å². The third-order valence-corrected chi connectivity index (χ3v) is 2.53. The summed E-state index contributed by atoms with van der Waals surface area (Å²) >= 11 is 0. The zero-order valence-corrected chi connectivity index (χ0v) is 15.2. The first kappa shape index (κ1) is 29.0. The topological polar surface area (TPSA) is 167 Å². The van der Waals surface area contributed by atoms with Gasteiger partial charge >= 0.3 is 58.0 Å². The molecule has 0 rings (SSSR count). The van der Waals surface area contributed by atoms with E-state index < -0.39 is 61.5 Å². The molecule has 0 radical (unpaired) electrons. The van der Waals surface area contributed by atoms with E-state index in [1.165, 1.54) is 0 Å². The fraction of sp³-hybridized carbons (Fsp3) is 0.571. The van der Waals surface area contributed by atoms with E-state index in [9.17, 15) is 39.0 Å². The van der Waals surface area contributed by atoms with Crippen molar-refractivity contribution >= 4 is 35.8 Å². The molecule has 0 aromatic heterocycles. The predicted molar refractivity (Wildman–Crippen MR) is 69.1 cm³/mol. The zero-order valence-electron chi connectivity index (χ0n) is 13.3. The molecule has 0 N–H and O–H groups in total. The van der Waals surface area contributed by atoms with E-state index in [-0.39, 0.29) is 59.8 Å². The Kier molecular flexibility index (Phi) is 18.7. The molecule has 0 aromatic carbocycles. The van der Waals surface area contributed by atoms with Crippen molar-refractivity contribution in [3.05, 3.63) is 0 Å². The molecule has 0 atom stereocenters. The van der Waals surface area contributed by atoms with E-state index in [2.05, 4.69) is 9.47 Å². The molecule has 0 saturated carbocycles. The van der Waals surface area contributed by atoms with Crippen molar-refractivity contribution in [1.82, 2.24) is 0 Å². The normalized spacial score (nSPS) is 9.08. The molecular weight excluding hydrogens is 455 g/mol. The van der Waals surface area contributed by atoms with Gasteiger partial charge in [-0.1, -0.05) is 0 Å². The maximum absolute atomic E-state index is 11.2. The first-order valence-corrected chi connectivity index (χ1v) is 7.07. The Balaban J connectivity index is -0.00000264. The van der Waals surface area contributed by atoms with Crippen LogP contribution in [-0.4, -0.2) is 35.8 Å². The fourth-order valence-corrected chi connectivity index (χ4v) is 1.40. The minimum atomic E-state index is -1.44. The van der Waals surface area contributed by atoms with Gasteiger partial charge in [0.25, 0.3) is 0 Å². The number of hydrogen-bond acceptors (Lipinski definition) is 10. The standard InChI is InChI=1S/C14H18O10.2Cu/c15-9(16)5-7-13(21)23-11(19)3-1-2-4-12(20)24-14(22)8-6-10(17)18;;/h1-8H2,(H,15,16)(H,17,18);;/q;2*+1/p-2. The van der Waals surface area contributed by atoms with Crippen LogP contribution in [0.15, 0.2) is 0 Å². The van der Waals surface area contributed by atoms with Crippen LogP contribution < -0.4 is 10.2 Å². The minimum absolute atomic E-state index is 0. The average Bonchev–Trinajstić information content (AvgIpc) is 2.47. The molecule has 12 heteroatoms. The van der Waals surface area contributed by atoms with Crippen LogP contribution in [0.3, 0.4) is 0 Å². The quantitative estimate of drug-likeness (QED) is 0.139. The van der Waals surface area contributed by atoms with Gasteiger partial charge in [0, 0.05) is 24.8 Å². The molecule has 0 saturated heterocycles. The number of aliphatic carboxylic acids is 2. The van der Waals surface area contributed by atoms with E-state index in [4.69, 9.17) is 0 Å². The van der Waals surface area contributed by atoms with E-state index in [0.29, 0.717) is 0 Å². The second kappa shape index (κ2) is 16.7. The summed E-state index contributed by atoms with van der Waals surface area (Å²) < 4.78 is 8.65. The van der Waals surface area contributed by atoms with Crippen LogP contribution >= 0.6 is 0 Å². The number of ether oxygens (including phenoxy) is 2. The molecule has 0 bridgehead atoms. The SMILES string of the molecule is O=C([O-])CCC(=O)OC(=O)CCCCC(=O)OC(=O)CCC(=O)[O-].[Cu+].[Cu+]. The van der Waals surface area contributed by atoms with Crippen LogP contribution in [0.25, 0.3) is 0 Å². The fourth-order valence-electron chi connectivity index (χ4n) is 1.40. The number of rotatable bonds is 11. The van der Waals surface area contributed by atoms with Crippen LogP contribution in [0, 0.1) is 0 Å². The van der Waals surface area contributed by atoms with Gasteiger partial charge in [-0.3, -0.25) is 19.2 Å². The Bertz CT molecular complexity index is 472. The molecule has 0 aliphatic rings. The minimum Gasteiger partial charge on any atom is -0.550 e. The second-order valence-electron chi connectivity index (χ2n) is 4.64. The van der Waals surface area contributed by atoms with Crippen molar-refractivity contribution in [2.75, 3.05) is 0 Å². The van der Waals surface area contributed by atoms with Gasteiger partial charge in [0.05, 0.1) is 12.8 Å². The molecule has 0 aliphatic carbocycles. The summed E-state index contributed by atoms with van der Waals surface area (Å²) in [6.45, 7) is 0. The summed E-state index contributed by atoms with van der Waals surface area (Å²) in [6.07, 6.45) is -2.06. The molecule has 0 aromatic rings. The molecule has 0 amide bonds. The summed E-state index contributed by atoms with van der Waals surface area (Å²) in [4.78, 5) is 64.8. The van der Waals surface area contributed by atoms with Crippen LogP contribution in [0.4, 0.5) is 0 Å². The number of carboxylic acids is 2. The predicted octanol–water partition coefficient (Wildman–Crippen LogP) is -2.26. The van der Waals surface area contributed by atoms with Gasteiger partial charge in [0.2, 0.25) is 0 Å². The maximum atomic E-state index is 11.2. The van der Waals surface area contributed by atoms with E-state index in [1.54, 1.807) is 0 Å². The Morgan fingerprint density at radius 2 is 0.769 bits per heavy atom. The van der Waals surface area contributed by atoms with E-state index in [1.807, 2.05) is 0 Å². The molecule has 0 unspecified atom stereocenters. The van der Waals surface area contributed by atoms with Crippen molar-refractivity contribution in [1.29, 1.82) is 0 Å². The first-order valence-electron chi connectivity index (χ1n) is 7.07. The number of hydrogen-bond donors (Lipinski definition) is 0. The molecular formula is C14H16Cu2O10.